The van der Waals surface area contributed by atoms with Crippen LogP contribution in [-0.2, 0) is 6.54 Å². The molecule has 0 radical (unpaired) electrons. The zero-order valence-electron chi connectivity index (χ0n) is 10.9. The molecule has 0 saturated carbocycles. The molecule has 1 heterocycles. The van der Waals surface area contributed by atoms with Gasteiger partial charge in [0.1, 0.15) is 4.99 Å². The number of rotatable bonds is 3. The van der Waals surface area contributed by atoms with Crippen molar-refractivity contribution < 1.29 is 0 Å². The standard InChI is InChI=1S/C14H21N3S/c1-16-7-4-8-17(10-9-16)11-12-5-2-3-6-13(12)14(15)18/h2-3,5-6H,4,7-11H2,1H3,(H2,15,18). The van der Waals surface area contributed by atoms with Crippen molar-refractivity contribution in [2.45, 2.75) is 13.0 Å². The molecule has 1 aromatic carbocycles. The Bertz CT molecular complexity index is 419. The lowest BCUT2D eigenvalue weighted by Crippen LogP contribution is -2.29. The highest BCUT2D eigenvalue weighted by Gasteiger charge is 2.14. The van der Waals surface area contributed by atoms with Crippen LogP contribution in [0.3, 0.4) is 0 Å². The highest BCUT2D eigenvalue weighted by molar-refractivity contribution is 7.80. The largest absolute Gasteiger partial charge is 0.389 e. The van der Waals surface area contributed by atoms with Gasteiger partial charge < -0.3 is 10.6 Å². The molecule has 1 aromatic rings. The van der Waals surface area contributed by atoms with Gasteiger partial charge >= 0.3 is 0 Å². The van der Waals surface area contributed by atoms with Crippen LogP contribution < -0.4 is 5.73 Å². The highest BCUT2D eigenvalue weighted by atomic mass is 32.1. The summed E-state index contributed by atoms with van der Waals surface area (Å²) in [6.07, 6.45) is 1.23. The van der Waals surface area contributed by atoms with Crippen LogP contribution in [-0.4, -0.2) is 48.0 Å². The first kappa shape index (κ1) is 13.5. The summed E-state index contributed by atoms with van der Waals surface area (Å²) < 4.78 is 0. The van der Waals surface area contributed by atoms with Crippen LogP contribution in [0.4, 0.5) is 0 Å². The van der Waals surface area contributed by atoms with Crippen LogP contribution in [0.2, 0.25) is 0 Å². The maximum Gasteiger partial charge on any atom is 0.104 e. The minimum absolute atomic E-state index is 0.498. The van der Waals surface area contributed by atoms with E-state index in [9.17, 15) is 0 Å². The van der Waals surface area contributed by atoms with E-state index in [0.29, 0.717) is 4.99 Å². The second-order valence-electron chi connectivity index (χ2n) is 4.95. The molecule has 2 N–H and O–H groups in total. The molecular formula is C14H21N3S. The maximum atomic E-state index is 5.78. The zero-order chi connectivity index (χ0) is 13.0. The first-order valence-electron chi connectivity index (χ1n) is 6.45. The lowest BCUT2D eigenvalue weighted by Gasteiger charge is -2.21. The molecule has 4 heteroatoms. The first-order chi connectivity index (χ1) is 8.66. The monoisotopic (exact) mass is 263 g/mol. The molecule has 3 nitrogen and oxygen atoms in total. The minimum Gasteiger partial charge on any atom is -0.389 e. The average Bonchev–Trinajstić information content (AvgIpc) is 2.55. The molecular weight excluding hydrogens is 242 g/mol. The normalized spacial score (nSPS) is 18.5. The second kappa shape index (κ2) is 6.27. The Hall–Kier alpha value is -0.970. The Morgan fingerprint density at radius 1 is 1.22 bits per heavy atom. The topological polar surface area (TPSA) is 32.5 Å². The summed E-state index contributed by atoms with van der Waals surface area (Å²) in [5.74, 6) is 0. The zero-order valence-corrected chi connectivity index (χ0v) is 11.7. The number of benzene rings is 1. The number of thiocarbonyl (C=S) groups is 1. The fourth-order valence-corrected chi connectivity index (χ4v) is 2.60. The van der Waals surface area contributed by atoms with Gasteiger partial charge in [-0.25, -0.2) is 0 Å². The van der Waals surface area contributed by atoms with Crippen molar-refractivity contribution in [3.8, 4) is 0 Å². The molecule has 0 unspecified atom stereocenters. The van der Waals surface area contributed by atoms with Gasteiger partial charge in [-0.15, -0.1) is 0 Å². The third kappa shape index (κ3) is 3.51. The predicted octanol–water partition coefficient (Wildman–Crippen LogP) is 1.46. The Morgan fingerprint density at radius 2 is 2.00 bits per heavy atom. The third-order valence-electron chi connectivity index (χ3n) is 3.49. The summed E-state index contributed by atoms with van der Waals surface area (Å²) in [6.45, 7) is 5.53. The van der Waals surface area contributed by atoms with Crippen LogP contribution in [0.25, 0.3) is 0 Å². The highest BCUT2D eigenvalue weighted by Crippen LogP contribution is 2.13. The molecule has 2 rings (SSSR count). The first-order valence-corrected chi connectivity index (χ1v) is 6.86. The van der Waals surface area contributed by atoms with E-state index in [1.165, 1.54) is 18.5 Å². The van der Waals surface area contributed by atoms with Crippen molar-refractivity contribution in [1.82, 2.24) is 9.80 Å². The van der Waals surface area contributed by atoms with E-state index < -0.39 is 0 Å². The SMILES string of the molecule is CN1CCCN(Cc2ccccc2C(N)=S)CC1. The van der Waals surface area contributed by atoms with Crippen LogP contribution in [0.5, 0.6) is 0 Å². The molecule has 0 bridgehead atoms. The van der Waals surface area contributed by atoms with E-state index in [1.54, 1.807) is 0 Å². The second-order valence-corrected chi connectivity index (χ2v) is 5.39. The van der Waals surface area contributed by atoms with E-state index in [0.717, 1.165) is 31.7 Å². The van der Waals surface area contributed by atoms with Crippen molar-refractivity contribution in [2.24, 2.45) is 5.73 Å². The van der Waals surface area contributed by atoms with Crippen molar-refractivity contribution in [1.29, 1.82) is 0 Å². The van der Waals surface area contributed by atoms with E-state index in [-0.39, 0.29) is 0 Å². The van der Waals surface area contributed by atoms with Gasteiger partial charge in [0.15, 0.2) is 0 Å². The minimum atomic E-state index is 0.498. The molecule has 0 aliphatic carbocycles. The fourth-order valence-electron chi connectivity index (χ4n) is 2.40. The summed E-state index contributed by atoms with van der Waals surface area (Å²) in [6, 6.07) is 8.19. The molecule has 0 spiro atoms. The van der Waals surface area contributed by atoms with Crippen LogP contribution >= 0.6 is 12.2 Å². The predicted molar refractivity (Wildman–Crippen MR) is 79.7 cm³/mol. The van der Waals surface area contributed by atoms with E-state index in [4.69, 9.17) is 18.0 Å². The van der Waals surface area contributed by atoms with Gasteiger partial charge in [0.2, 0.25) is 0 Å². The quantitative estimate of drug-likeness (QED) is 0.837. The van der Waals surface area contributed by atoms with Gasteiger partial charge in [-0.05, 0) is 32.1 Å². The number of likely N-dealkylation sites (N-methyl/N-ethyl adjacent to an activating group) is 1. The molecule has 1 aliphatic rings. The van der Waals surface area contributed by atoms with Crippen LogP contribution in [0, 0.1) is 0 Å². The fraction of sp³-hybridized carbons (Fsp3) is 0.500. The smallest absolute Gasteiger partial charge is 0.104 e. The summed E-state index contributed by atoms with van der Waals surface area (Å²) >= 11 is 5.11. The van der Waals surface area contributed by atoms with Gasteiger partial charge in [0.25, 0.3) is 0 Å². The van der Waals surface area contributed by atoms with Crippen molar-refractivity contribution >= 4 is 17.2 Å². The number of nitrogens with zero attached hydrogens (tertiary/aromatic N) is 2. The number of hydrogen-bond acceptors (Lipinski definition) is 3. The Labute approximate surface area is 115 Å². The van der Waals surface area contributed by atoms with Crippen LogP contribution in [0.1, 0.15) is 17.5 Å². The maximum absolute atomic E-state index is 5.78. The third-order valence-corrected chi connectivity index (χ3v) is 3.71. The van der Waals surface area contributed by atoms with Gasteiger partial charge in [0, 0.05) is 25.2 Å². The molecule has 0 atom stereocenters. The summed E-state index contributed by atoms with van der Waals surface area (Å²) in [5.41, 5.74) is 8.04. The van der Waals surface area contributed by atoms with E-state index >= 15 is 0 Å². The lowest BCUT2D eigenvalue weighted by molar-refractivity contribution is 0.269. The Kier molecular flexibility index (Phi) is 4.69. The van der Waals surface area contributed by atoms with Gasteiger partial charge in [-0.1, -0.05) is 36.5 Å². The van der Waals surface area contributed by atoms with Gasteiger partial charge in [-0.2, -0.15) is 0 Å². The summed E-state index contributed by atoms with van der Waals surface area (Å²) in [7, 11) is 2.19. The summed E-state index contributed by atoms with van der Waals surface area (Å²) in [5, 5.41) is 0. The van der Waals surface area contributed by atoms with Crippen molar-refractivity contribution in [3.63, 3.8) is 0 Å². The molecule has 98 valence electrons. The molecule has 1 aliphatic heterocycles. The Balaban J connectivity index is 2.06. The Morgan fingerprint density at radius 3 is 2.78 bits per heavy atom. The molecule has 18 heavy (non-hydrogen) atoms. The van der Waals surface area contributed by atoms with Crippen LogP contribution in [0.15, 0.2) is 24.3 Å². The van der Waals surface area contributed by atoms with Crippen molar-refractivity contribution in [2.75, 3.05) is 33.2 Å². The molecule has 0 aromatic heterocycles. The van der Waals surface area contributed by atoms with Gasteiger partial charge in [-0.3, -0.25) is 4.90 Å². The molecule has 0 amide bonds. The van der Waals surface area contributed by atoms with Gasteiger partial charge in [0.05, 0.1) is 0 Å². The average molecular weight is 263 g/mol. The summed E-state index contributed by atoms with van der Waals surface area (Å²) in [4.78, 5) is 5.37. The lowest BCUT2D eigenvalue weighted by atomic mass is 10.1. The molecule has 1 fully saturated rings. The molecule has 1 saturated heterocycles. The number of nitrogens with two attached hydrogens (primary N) is 1. The number of hydrogen-bond donors (Lipinski definition) is 1. The van der Waals surface area contributed by atoms with Crippen molar-refractivity contribution in [3.05, 3.63) is 35.4 Å². The van der Waals surface area contributed by atoms with E-state index in [1.807, 2.05) is 12.1 Å². The van der Waals surface area contributed by atoms with E-state index in [2.05, 4.69) is 29.0 Å².